The van der Waals surface area contributed by atoms with E-state index in [0.717, 1.165) is 13.1 Å². The number of nitrogens with zero attached hydrogens (tertiary/aromatic N) is 2. The largest absolute Gasteiger partial charge is 0.370 e. The first kappa shape index (κ1) is 13.7. The number of guanidine groups is 1. The molecule has 0 atom stereocenters. The molecule has 0 unspecified atom stereocenters. The van der Waals surface area contributed by atoms with E-state index in [1.165, 1.54) is 24.0 Å². The molecule has 0 spiro atoms. The quantitative estimate of drug-likeness (QED) is 0.692. The van der Waals surface area contributed by atoms with Gasteiger partial charge in [-0.15, -0.1) is 0 Å². The number of likely N-dealkylation sites (tertiary alicyclic amines) is 1. The van der Waals surface area contributed by atoms with Gasteiger partial charge >= 0.3 is 0 Å². The van der Waals surface area contributed by atoms with Crippen LogP contribution < -0.4 is 5.73 Å². The minimum atomic E-state index is -0.0343. The van der Waals surface area contributed by atoms with Crippen molar-refractivity contribution in [3.8, 4) is 0 Å². The van der Waals surface area contributed by atoms with Crippen molar-refractivity contribution in [1.29, 1.82) is 0 Å². The molecule has 2 aromatic rings. The molecular formula is C18H21N3. The van der Waals surface area contributed by atoms with Crippen LogP contribution in [-0.4, -0.2) is 23.9 Å². The van der Waals surface area contributed by atoms with Gasteiger partial charge in [-0.25, -0.2) is 4.99 Å². The molecule has 3 heteroatoms. The molecule has 0 radical (unpaired) electrons. The Morgan fingerprint density at radius 3 is 1.81 bits per heavy atom. The highest BCUT2D eigenvalue weighted by molar-refractivity contribution is 5.79. The highest BCUT2D eigenvalue weighted by Crippen LogP contribution is 2.26. The van der Waals surface area contributed by atoms with Crippen molar-refractivity contribution < 1.29 is 0 Å². The van der Waals surface area contributed by atoms with Gasteiger partial charge in [-0.05, 0) is 24.0 Å². The van der Waals surface area contributed by atoms with E-state index in [0.29, 0.717) is 5.96 Å². The van der Waals surface area contributed by atoms with E-state index in [4.69, 9.17) is 10.7 Å². The van der Waals surface area contributed by atoms with Crippen molar-refractivity contribution in [2.75, 3.05) is 13.1 Å². The highest BCUT2D eigenvalue weighted by atomic mass is 15.3. The van der Waals surface area contributed by atoms with Crippen LogP contribution in [0, 0.1) is 0 Å². The molecule has 2 aromatic carbocycles. The maximum absolute atomic E-state index is 6.23. The zero-order valence-electron chi connectivity index (χ0n) is 12.2. The predicted molar refractivity (Wildman–Crippen MR) is 87.2 cm³/mol. The molecule has 3 nitrogen and oxygen atoms in total. The number of nitrogens with two attached hydrogens (primary N) is 1. The zero-order valence-corrected chi connectivity index (χ0v) is 12.2. The maximum Gasteiger partial charge on any atom is 0.192 e. The Bertz CT molecular complexity index is 547. The lowest BCUT2D eigenvalue weighted by atomic mass is 9.99. The summed E-state index contributed by atoms with van der Waals surface area (Å²) in [5.41, 5.74) is 8.57. The first-order valence-electron chi connectivity index (χ1n) is 7.53. The van der Waals surface area contributed by atoms with Gasteiger partial charge in [0.2, 0.25) is 0 Å². The number of rotatable bonds is 3. The van der Waals surface area contributed by atoms with Crippen LogP contribution in [0.2, 0.25) is 0 Å². The summed E-state index contributed by atoms with van der Waals surface area (Å²) >= 11 is 0. The summed E-state index contributed by atoms with van der Waals surface area (Å²) in [4.78, 5) is 7.00. The second-order valence-electron chi connectivity index (χ2n) is 5.41. The third-order valence-corrected chi connectivity index (χ3v) is 3.92. The second-order valence-corrected chi connectivity index (χ2v) is 5.41. The normalized spacial score (nSPS) is 15.7. The molecule has 1 saturated heterocycles. The Hall–Kier alpha value is -2.29. The van der Waals surface area contributed by atoms with Gasteiger partial charge in [-0.1, -0.05) is 60.7 Å². The minimum Gasteiger partial charge on any atom is -0.370 e. The molecule has 0 aliphatic carbocycles. The first-order valence-corrected chi connectivity index (χ1v) is 7.53. The molecule has 0 saturated carbocycles. The van der Waals surface area contributed by atoms with Crippen molar-refractivity contribution in [1.82, 2.24) is 4.90 Å². The molecule has 21 heavy (non-hydrogen) atoms. The number of aliphatic imine (C=N–C) groups is 1. The summed E-state index contributed by atoms with van der Waals surface area (Å²) in [7, 11) is 0. The van der Waals surface area contributed by atoms with E-state index in [-0.39, 0.29) is 6.04 Å². The fourth-order valence-electron chi connectivity index (χ4n) is 2.77. The van der Waals surface area contributed by atoms with Gasteiger partial charge in [-0.3, -0.25) is 0 Å². The molecular weight excluding hydrogens is 258 g/mol. The van der Waals surface area contributed by atoms with E-state index >= 15 is 0 Å². The number of hydrogen-bond acceptors (Lipinski definition) is 1. The summed E-state index contributed by atoms with van der Waals surface area (Å²) in [5, 5.41) is 0. The Kier molecular flexibility index (Phi) is 4.20. The predicted octanol–water partition coefficient (Wildman–Crippen LogP) is 3.19. The third-order valence-electron chi connectivity index (χ3n) is 3.92. The van der Waals surface area contributed by atoms with Crippen LogP contribution in [-0.2, 0) is 0 Å². The Labute approximate surface area is 126 Å². The summed E-state index contributed by atoms with van der Waals surface area (Å²) < 4.78 is 0. The van der Waals surface area contributed by atoms with E-state index in [9.17, 15) is 0 Å². The van der Waals surface area contributed by atoms with Crippen molar-refractivity contribution >= 4 is 5.96 Å². The summed E-state index contributed by atoms with van der Waals surface area (Å²) in [6.07, 6.45) is 2.41. The second kappa shape index (κ2) is 6.44. The van der Waals surface area contributed by atoms with Crippen molar-refractivity contribution in [3.63, 3.8) is 0 Å². The fourth-order valence-corrected chi connectivity index (χ4v) is 2.77. The van der Waals surface area contributed by atoms with Gasteiger partial charge in [0, 0.05) is 13.1 Å². The van der Waals surface area contributed by atoms with Gasteiger partial charge in [0.25, 0.3) is 0 Å². The average Bonchev–Trinajstić information content (AvgIpc) is 3.09. The molecule has 3 rings (SSSR count). The Balaban J connectivity index is 1.95. The highest BCUT2D eigenvalue weighted by Gasteiger charge is 2.17. The molecule has 0 amide bonds. The number of benzene rings is 2. The summed E-state index contributed by atoms with van der Waals surface area (Å²) in [6, 6.07) is 20.7. The van der Waals surface area contributed by atoms with Crippen LogP contribution in [0.25, 0.3) is 0 Å². The van der Waals surface area contributed by atoms with Gasteiger partial charge in [0.15, 0.2) is 5.96 Å². The maximum atomic E-state index is 6.23. The van der Waals surface area contributed by atoms with Gasteiger partial charge in [0.1, 0.15) is 6.04 Å². The zero-order chi connectivity index (χ0) is 14.5. The van der Waals surface area contributed by atoms with Crippen molar-refractivity contribution in [3.05, 3.63) is 71.8 Å². The van der Waals surface area contributed by atoms with Crippen LogP contribution in [0.3, 0.4) is 0 Å². The van der Waals surface area contributed by atoms with Crippen LogP contribution in [0.1, 0.15) is 30.0 Å². The van der Waals surface area contributed by atoms with Gasteiger partial charge in [0.05, 0.1) is 0 Å². The molecule has 2 N–H and O–H groups in total. The SMILES string of the molecule is NC(=NC(c1ccccc1)c1ccccc1)N1CCCC1. The molecule has 1 heterocycles. The smallest absolute Gasteiger partial charge is 0.192 e. The van der Waals surface area contributed by atoms with Crippen LogP contribution in [0.5, 0.6) is 0 Å². The fraction of sp³-hybridized carbons (Fsp3) is 0.278. The van der Waals surface area contributed by atoms with E-state index < -0.39 is 0 Å². The molecule has 108 valence electrons. The Morgan fingerprint density at radius 2 is 1.33 bits per heavy atom. The monoisotopic (exact) mass is 279 g/mol. The van der Waals surface area contributed by atoms with Crippen LogP contribution >= 0.6 is 0 Å². The molecule has 0 bridgehead atoms. The third kappa shape index (κ3) is 3.24. The van der Waals surface area contributed by atoms with Gasteiger partial charge < -0.3 is 10.6 Å². The average molecular weight is 279 g/mol. The summed E-state index contributed by atoms with van der Waals surface area (Å²) in [6.45, 7) is 2.04. The van der Waals surface area contributed by atoms with E-state index in [1.807, 2.05) is 36.4 Å². The molecule has 0 aromatic heterocycles. The molecule has 1 fully saturated rings. The molecule has 1 aliphatic rings. The Morgan fingerprint density at radius 1 is 0.857 bits per heavy atom. The minimum absolute atomic E-state index is 0.0343. The standard InChI is InChI=1S/C18H21N3/c19-18(21-13-7-8-14-21)20-17(15-9-3-1-4-10-15)16-11-5-2-6-12-16/h1-6,9-12,17H,7-8,13-14H2,(H2,19,20). The van der Waals surface area contributed by atoms with Crippen molar-refractivity contribution in [2.24, 2.45) is 10.7 Å². The first-order chi connectivity index (χ1) is 10.3. The van der Waals surface area contributed by atoms with E-state index in [1.54, 1.807) is 0 Å². The lowest BCUT2D eigenvalue weighted by Gasteiger charge is -2.20. The lowest BCUT2D eigenvalue weighted by Crippen LogP contribution is -2.35. The number of hydrogen-bond donors (Lipinski definition) is 1. The van der Waals surface area contributed by atoms with E-state index in [2.05, 4.69) is 29.2 Å². The summed E-state index contributed by atoms with van der Waals surface area (Å²) in [5.74, 6) is 0.658. The molecule has 1 aliphatic heterocycles. The lowest BCUT2D eigenvalue weighted by molar-refractivity contribution is 0.508. The van der Waals surface area contributed by atoms with Crippen LogP contribution in [0.4, 0.5) is 0 Å². The topological polar surface area (TPSA) is 41.6 Å². The van der Waals surface area contributed by atoms with Gasteiger partial charge in [-0.2, -0.15) is 0 Å². The van der Waals surface area contributed by atoms with Crippen molar-refractivity contribution in [2.45, 2.75) is 18.9 Å². The van der Waals surface area contributed by atoms with Crippen LogP contribution in [0.15, 0.2) is 65.7 Å².